The fraction of sp³-hybridized carbons (Fsp3) is 0.0476. The summed E-state index contributed by atoms with van der Waals surface area (Å²) < 4.78 is 2.40. The molecule has 1 aliphatic carbocycles. The second kappa shape index (κ2) is 15.6. The monoisotopic (exact) mass is 830 g/mol. The third-order valence-corrected chi connectivity index (χ3v) is 13.6. The number of aromatic nitrogens is 1. The van der Waals surface area contributed by atoms with E-state index in [1.54, 1.807) is 0 Å². The van der Waals surface area contributed by atoms with Crippen LogP contribution in [0.1, 0.15) is 25.0 Å². The first-order chi connectivity index (χ1) is 32.0. The molecule has 0 radical (unpaired) electrons. The summed E-state index contributed by atoms with van der Waals surface area (Å²) in [6.45, 7) is 4.73. The van der Waals surface area contributed by atoms with Crippen molar-refractivity contribution in [1.82, 2.24) is 4.57 Å². The van der Waals surface area contributed by atoms with Gasteiger partial charge >= 0.3 is 0 Å². The van der Waals surface area contributed by atoms with Crippen molar-refractivity contribution in [3.8, 4) is 61.3 Å². The van der Waals surface area contributed by atoms with Crippen molar-refractivity contribution < 1.29 is 0 Å². The number of benzene rings is 10. The SMILES string of the molecule is CC1(C)c2ccccc2-c2c(N(c3cccc(-c4ccc5c6ccccc6n(-c6ccccc6)c5c4)c3)c3ccccc3-c3ccccc3-c3ccccc3-c3ccccc3)cccc21. The average molecular weight is 831 g/mol. The maximum Gasteiger partial charge on any atom is 0.0547 e. The quantitative estimate of drug-likeness (QED) is 0.148. The van der Waals surface area contributed by atoms with Crippen LogP contribution in [0.25, 0.3) is 83.1 Å². The molecule has 0 spiro atoms. The number of para-hydroxylation sites is 3. The first-order valence-electron chi connectivity index (χ1n) is 22.6. The summed E-state index contributed by atoms with van der Waals surface area (Å²) in [4.78, 5) is 2.52. The highest BCUT2D eigenvalue weighted by molar-refractivity contribution is 6.10. The largest absolute Gasteiger partial charge is 0.309 e. The van der Waals surface area contributed by atoms with Gasteiger partial charge in [-0.05, 0) is 104 Å². The molecule has 2 nitrogen and oxygen atoms in total. The van der Waals surface area contributed by atoms with E-state index >= 15 is 0 Å². The van der Waals surface area contributed by atoms with Gasteiger partial charge in [0.25, 0.3) is 0 Å². The van der Waals surface area contributed by atoms with Gasteiger partial charge in [0.2, 0.25) is 0 Å². The molecular formula is C63H46N2. The minimum absolute atomic E-state index is 0.157. The summed E-state index contributed by atoms with van der Waals surface area (Å²) >= 11 is 0. The van der Waals surface area contributed by atoms with Crippen molar-refractivity contribution in [2.24, 2.45) is 0 Å². The smallest absolute Gasteiger partial charge is 0.0547 e. The third-order valence-electron chi connectivity index (χ3n) is 13.6. The molecule has 0 amide bonds. The fourth-order valence-corrected chi connectivity index (χ4v) is 10.6. The zero-order valence-corrected chi connectivity index (χ0v) is 36.5. The lowest BCUT2D eigenvalue weighted by Crippen LogP contribution is -2.16. The standard InChI is InChI=1S/C63H46N2/c1-63(2)56-34-16-13-33-55(56)62-57(63)35-20-38-60(62)65(58-36-17-14-31-52(58)51-30-12-11-29-50(51)49-28-10-9-27-48(49)43-21-5-3-6-22-43)47-26-19-23-44(41-47)45-39-40-54-53-32-15-18-37-59(53)64(61(54)42-45)46-24-7-4-8-25-46/h3-42H,1-2H3. The highest BCUT2D eigenvalue weighted by Crippen LogP contribution is 2.55. The van der Waals surface area contributed by atoms with E-state index in [0.29, 0.717) is 0 Å². The van der Waals surface area contributed by atoms with E-state index in [4.69, 9.17) is 0 Å². The molecule has 1 heterocycles. The molecule has 12 rings (SSSR count). The van der Waals surface area contributed by atoms with E-state index in [-0.39, 0.29) is 5.41 Å². The van der Waals surface area contributed by atoms with Crippen molar-refractivity contribution >= 4 is 38.9 Å². The molecule has 2 heteroatoms. The summed E-state index contributed by atoms with van der Waals surface area (Å²) in [5.41, 5.74) is 21.5. The lowest BCUT2D eigenvalue weighted by atomic mass is 9.82. The molecule has 0 saturated carbocycles. The lowest BCUT2D eigenvalue weighted by molar-refractivity contribution is 0.660. The maximum absolute atomic E-state index is 2.52. The molecule has 0 N–H and O–H groups in total. The van der Waals surface area contributed by atoms with Gasteiger partial charge in [-0.15, -0.1) is 0 Å². The van der Waals surface area contributed by atoms with Crippen LogP contribution in [-0.4, -0.2) is 4.57 Å². The van der Waals surface area contributed by atoms with Gasteiger partial charge in [-0.25, -0.2) is 0 Å². The highest BCUT2D eigenvalue weighted by Gasteiger charge is 2.38. The number of hydrogen-bond acceptors (Lipinski definition) is 1. The second-order valence-corrected chi connectivity index (χ2v) is 17.7. The van der Waals surface area contributed by atoms with Crippen LogP contribution in [0.5, 0.6) is 0 Å². The number of rotatable bonds is 8. The second-order valence-electron chi connectivity index (χ2n) is 17.7. The average Bonchev–Trinajstić information content (AvgIpc) is 3.83. The molecular weight excluding hydrogens is 785 g/mol. The van der Waals surface area contributed by atoms with Crippen LogP contribution in [0, 0.1) is 0 Å². The molecule has 65 heavy (non-hydrogen) atoms. The van der Waals surface area contributed by atoms with E-state index in [1.165, 1.54) is 77.4 Å². The Morgan fingerprint density at radius 3 is 1.65 bits per heavy atom. The van der Waals surface area contributed by atoms with Gasteiger partial charge in [0.15, 0.2) is 0 Å². The van der Waals surface area contributed by atoms with Crippen LogP contribution in [0.4, 0.5) is 17.1 Å². The van der Waals surface area contributed by atoms with E-state index in [9.17, 15) is 0 Å². The van der Waals surface area contributed by atoms with Gasteiger partial charge in [-0.3, -0.25) is 0 Å². The summed E-state index contributed by atoms with van der Waals surface area (Å²) in [5.74, 6) is 0. The Labute approximate surface area is 381 Å². The summed E-state index contributed by atoms with van der Waals surface area (Å²) in [6, 6.07) is 88.9. The van der Waals surface area contributed by atoms with Crippen molar-refractivity contribution in [1.29, 1.82) is 0 Å². The number of hydrogen-bond donors (Lipinski definition) is 0. The normalized spacial score (nSPS) is 12.6. The van der Waals surface area contributed by atoms with Crippen LogP contribution in [-0.2, 0) is 5.41 Å². The maximum atomic E-state index is 2.52. The van der Waals surface area contributed by atoms with Gasteiger partial charge in [-0.1, -0.05) is 208 Å². The number of anilines is 3. The molecule has 0 aliphatic heterocycles. The predicted octanol–water partition coefficient (Wildman–Crippen LogP) is 17.2. The minimum atomic E-state index is -0.157. The minimum Gasteiger partial charge on any atom is -0.309 e. The summed E-state index contributed by atoms with van der Waals surface area (Å²) in [5, 5.41) is 2.50. The first-order valence-corrected chi connectivity index (χ1v) is 22.6. The van der Waals surface area contributed by atoms with Crippen LogP contribution in [0.15, 0.2) is 243 Å². The van der Waals surface area contributed by atoms with Gasteiger partial charge in [0.05, 0.1) is 22.4 Å². The van der Waals surface area contributed by atoms with Crippen LogP contribution < -0.4 is 4.90 Å². The molecule has 0 fully saturated rings. The Kier molecular flexibility index (Phi) is 9.21. The molecule has 1 aromatic heterocycles. The Hall–Kier alpha value is -8.20. The summed E-state index contributed by atoms with van der Waals surface area (Å²) in [7, 11) is 0. The van der Waals surface area contributed by atoms with Gasteiger partial charge in [0.1, 0.15) is 0 Å². The lowest BCUT2D eigenvalue weighted by Gasteiger charge is -2.31. The molecule has 0 atom stereocenters. The van der Waals surface area contributed by atoms with E-state index < -0.39 is 0 Å². The topological polar surface area (TPSA) is 8.17 Å². The van der Waals surface area contributed by atoms with E-state index in [2.05, 4.69) is 266 Å². The number of fused-ring (bicyclic) bond motifs is 6. The van der Waals surface area contributed by atoms with Crippen molar-refractivity contribution in [2.45, 2.75) is 19.3 Å². The highest BCUT2D eigenvalue weighted by atomic mass is 15.1. The molecule has 0 bridgehead atoms. The van der Waals surface area contributed by atoms with Crippen molar-refractivity contribution in [2.75, 3.05) is 4.90 Å². The van der Waals surface area contributed by atoms with Crippen LogP contribution in [0.2, 0.25) is 0 Å². The van der Waals surface area contributed by atoms with E-state index in [1.807, 2.05) is 0 Å². The zero-order chi connectivity index (χ0) is 43.5. The first kappa shape index (κ1) is 38.5. The number of nitrogens with zero attached hydrogens (tertiary/aromatic N) is 2. The van der Waals surface area contributed by atoms with E-state index in [0.717, 1.165) is 33.9 Å². The fourth-order valence-electron chi connectivity index (χ4n) is 10.6. The van der Waals surface area contributed by atoms with Crippen LogP contribution in [0.3, 0.4) is 0 Å². The van der Waals surface area contributed by atoms with Crippen LogP contribution >= 0.6 is 0 Å². The Bertz CT molecular complexity index is 3580. The van der Waals surface area contributed by atoms with Crippen molar-refractivity contribution in [3.63, 3.8) is 0 Å². The molecule has 10 aromatic carbocycles. The van der Waals surface area contributed by atoms with Gasteiger partial charge in [-0.2, -0.15) is 0 Å². The zero-order valence-electron chi connectivity index (χ0n) is 36.5. The summed E-state index contributed by atoms with van der Waals surface area (Å²) in [6.07, 6.45) is 0. The Morgan fingerprint density at radius 1 is 0.338 bits per heavy atom. The molecule has 0 unspecified atom stereocenters. The Balaban J connectivity index is 1.09. The predicted molar refractivity (Wildman–Crippen MR) is 275 cm³/mol. The van der Waals surface area contributed by atoms with Gasteiger partial charge in [0, 0.05) is 38.7 Å². The van der Waals surface area contributed by atoms with Gasteiger partial charge < -0.3 is 9.47 Å². The van der Waals surface area contributed by atoms with Crippen molar-refractivity contribution in [3.05, 3.63) is 254 Å². The molecule has 1 aliphatic rings. The third kappa shape index (κ3) is 6.32. The molecule has 308 valence electrons. The molecule has 0 saturated heterocycles. The molecule has 11 aromatic rings. The Morgan fingerprint density at radius 2 is 0.862 bits per heavy atom.